The molecule has 0 radical (unpaired) electrons. The Morgan fingerprint density at radius 2 is 1.58 bits per heavy atom. The number of benzene rings is 2. The maximum atomic E-state index is 12.9. The van der Waals surface area contributed by atoms with Gasteiger partial charge in [-0.05, 0) is 31.2 Å². The molecule has 0 N–H and O–H groups in total. The van der Waals surface area contributed by atoms with E-state index in [4.69, 9.17) is 4.42 Å². The van der Waals surface area contributed by atoms with E-state index in [1.807, 2.05) is 31.2 Å². The first kappa shape index (κ1) is 16.3. The third kappa shape index (κ3) is 2.92. The molecule has 0 saturated carbocycles. The van der Waals surface area contributed by atoms with Crippen molar-refractivity contribution in [1.29, 1.82) is 0 Å². The van der Waals surface area contributed by atoms with Gasteiger partial charge in [-0.15, -0.1) is 0 Å². The number of oxazole rings is 1. The van der Waals surface area contributed by atoms with Gasteiger partial charge in [0.15, 0.2) is 0 Å². The molecule has 0 bridgehead atoms. The standard InChI is InChI=1S/C18H18N2O3S/c1-13-9-11-14(12-10-13)16-19-17(18(23-16)20(2)3)24(21,22)15-7-5-4-6-8-15/h4-12H,1-3H3. The smallest absolute Gasteiger partial charge is 0.235 e. The van der Waals surface area contributed by atoms with E-state index in [0.717, 1.165) is 11.1 Å². The third-order valence-corrected chi connectivity index (χ3v) is 5.26. The summed E-state index contributed by atoms with van der Waals surface area (Å²) in [5.74, 6) is 0.502. The molecule has 0 saturated heterocycles. The zero-order valence-electron chi connectivity index (χ0n) is 13.7. The van der Waals surface area contributed by atoms with Gasteiger partial charge in [0, 0.05) is 19.7 Å². The Labute approximate surface area is 141 Å². The molecule has 5 nitrogen and oxygen atoms in total. The molecule has 124 valence electrons. The minimum Gasteiger partial charge on any atom is -0.419 e. The molecule has 0 aliphatic carbocycles. The topological polar surface area (TPSA) is 63.4 Å². The van der Waals surface area contributed by atoms with E-state index in [2.05, 4.69) is 4.98 Å². The summed E-state index contributed by atoms with van der Waals surface area (Å²) in [6.07, 6.45) is 0. The summed E-state index contributed by atoms with van der Waals surface area (Å²) in [4.78, 5) is 6.09. The number of hydrogen-bond donors (Lipinski definition) is 0. The summed E-state index contributed by atoms with van der Waals surface area (Å²) in [6, 6.07) is 15.8. The highest BCUT2D eigenvalue weighted by Gasteiger charge is 2.29. The Balaban J connectivity index is 2.16. The normalized spacial score (nSPS) is 11.5. The summed E-state index contributed by atoms with van der Waals surface area (Å²) in [6.45, 7) is 1.98. The van der Waals surface area contributed by atoms with Crippen molar-refractivity contribution in [3.8, 4) is 11.5 Å². The van der Waals surface area contributed by atoms with Crippen LogP contribution < -0.4 is 4.90 Å². The molecule has 0 atom stereocenters. The number of sulfone groups is 1. The zero-order chi connectivity index (χ0) is 17.3. The van der Waals surface area contributed by atoms with E-state index < -0.39 is 9.84 Å². The first-order valence-electron chi connectivity index (χ1n) is 7.45. The number of rotatable bonds is 4. The average molecular weight is 342 g/mol. The van der Waals surface area contributed by atoms with Gasteiger partial charge in [0.1, 0.15) is 0 Å². The molecule has 1 heterocycles. The van der Waals surface area contributed by atoms with Crippen LogP contribution in [0.1, 0.15) is 5.56 Å². The van der Waals surface area contributed by atoms with Gasteiger partial charge in [-0.2, -0.15) is 4.98 Å². The van der Waals surface area contributed by atoms with Crippen molar-refractivity contribution in [1.82, 2.24) is 4.98 Å². The first-order chi connectivity index (χ1) is 11.4. The lowest BCUT2D eigenvalue weighted by Crippen LogP contribution is -2.13. The predicted molar refractivity (Wildman–Crippen MR) is 92.9 cm³/mol. The molecule has 2 aromatic carbocycles. The van der Waals surface area contributed by atoms with Crippen molar-refractivity contribution in [2.45, 2.75) is 16.8 Å². The Bertz CT molecular complexity index is 944. The Hall–Kier alpha value is -2.60. The van der Waals surface area contributed by atoms with Gasteiger partial charge >= 0.3 is 0 Å². The van der Waals surface area contributed by atoms with E-state index in [9.17, 15) is 8.42 Å². The number of aryl methyl sites for hydroxylation is 1. The summed E-state index contributed by atoms with van der Waals surface area (Å²) >= 11 is 0. The Morgan fingerprint density at radius 1 is 0.958 bits per heavy atom. The molecule has 24 heavy (non-hydrogen) atoms. The van der Waals surface area contributed by atoms with Crippen molar-refractivity contribution in [2.75, 3.05) is 19.0 Å². The highest BCUT2D eigenvalue weighted by molar-refractivity contribution is 7.91. The zero-order valence-corrected chi connectivity index (χ0v) is 14.5. The minimum absolute atomic E-state index is 0.0747. The van der Waals surface area contributed by atoms with Crippen LogP contribution in [0.25, 0.3) is 11.5 Å². The number of anilines is 1. The van der Waals surface area contributed by atoms with Crippen molar-refractivity contribution >= 4 is 15.7 Å². The maximum absolute atomic E-state index is 12.9. The van der Waals surface area contributed by atoms with Gasteiger partial charge in [0.05, 0.1) is 4.90 Å². The fraction of sp³-hybridized carbons (Fsp3) is 0.167. The van der Waals surface area contributed by atoms with Crippen LogP contribution in [0.4, 0.5) is 5.88 Å². The molecule has 0 spiro atoms. The van der Waals surface area contributed by atoms with E-state index in [0.29, 0.717) is 0 Å². The van der Waals surface area contributed by atoms with Crippen LogP contribution in [-0.4, -0.2) is 27.5 Å². The fourth-order valence-corrected chi connectivity index (χ4v) is 3.68. The highest BCUT2D eigenvalue weighted by atomic mass is 32.2. The third-order valence-electron chi connectivity index (χ3n) is 3.59. The molecular formula is C18H18N2O3S. The highest BCUT2D eigenvalue weighted by Crippen LogP contribution is 2.33. The van der Waals surface area contributed by atoms with Gasteiger partial charge < -0.3 is 9.32 Å². The molecule has 0 fully saturated rings. The van der Waals surface area contributed by atoms with E-state index in [1.165, 1.54) is 0 Å². The van der Waals surface area contributed by atoms with Crippen LogP contribution in [0.15, 0.2) is 68.9 Å². The average Bonchev–Trinajstić information content (AvgIpc) is 3.03. The molecule has 0 aliphatic rings. The second-order valence-electron chi connectivity index (χ2n) is 5.71. The lowest BCUT2D eigenvalue weighted by Gasteiger charge is -2.09. The van der Waals surface area contributed by atoms with Crippen LogP contribution in [-0.2, 0) is 9.84 Å². The summed E-state index contributed by atoms with van der Waals surface area (Å²) in [7, 11) is -0.305. The van der Waals surface area contributed by atoms with Gasteiger partial charge in [0.2, 0.25) is 26.6 Å². The molecular weight excluding hydrogens is 324 g/mol. The van der Waals surface area contributed by atoms with Gasteiger partial charge in [0.25, 0.3) is 0 Å². The van der Waals surface area contributed by atoms with Crippen LogP contribution in [0.5, 0.6) is 0 Å². The second-order valence-corrected chi connectivity index (χ2v) is 7.57. The summed E-state index contributed by atoms with van der Waals surface area (Å²) in [5.41, 5.74) is 1.84. The molecule has 0 amide bonds. The van der Waals surface area contributed by atoms with Gasteiger partial charge in [-0.1, -0.05) is 35.9 Å². The summed E-state index contributed by atoms with van der Waals surface area (Å²) < 4.78 is 31.6. The monoisotopic (exact) mass is 342 g/mol. The van der Waals surface area contributed by atoms with Crippen molar-refractivity contribution in [3.05, 3.63) is 60.2 Å². The fourth-order valence-electron chi connectivity index (χ4n) is 2.29. The predicted octanol–water partition coefficient (Wildman–Crippen LogP) is 3.55. The quantitative estimate of drug-likeness (QED) is 0.725. The molecule has 6 heteroatoms. The van der Waals surface area contributed by atoms with Crippen LogP contribution in [0, 0.1) is 6.92 Å². The van der Waals surface area contributed by atoms with Crippen molar-refractivity contribution in [3.63, 3.8) is 0 Å². The van der Waals surface area contributed by atoms with Crippen molar-refractivity contribution < 1.29 is 12.8 Å². The largest absolute Gasteiger partial charge is 0.419 e. The number of aromatic nitrogens is 1. The number of hydrogen-bond acceptors (Lipinski definition) is 5. The van der Waals surface area contributed by atoms with Crippen LogP contribution >= 0.6 is 0 Å². The van der Waals surface area contributed by atoms with Gasteiger partial charge in [-0.25, -0.2) is 8.42 Å². The summed E-state index contributed by atoms with van der Waals surface area (Å²) in [5, 5.41) is -0.0747. The second kappa shape index (κ2) is 6.13. The SMILES string of the molecule is Cc1ccc(-c2nc(S(=O)(=O)c3ccccc3)c(N(C)C)o2)cc1. The molecule has 3 rings (SSSR count). The van der Waals surface area contributed by atoms with E-state index >= 15 is 0 Å². The molecule has 0 aliphatic heterocycles. The minimum atomic E-state index is -3.76. The lowest BCUT2D eigenvalue weighted by molar-refractivity contribution is 0.564. The Kier molecular flexibility index (Phi) is 4.15. The molecule has 1 aromatic heterocycles. The van der Waals surface area contributed by atoms with E-state index in [-0.39, 0.29) is 21.7 Å². The van der Waals surface area contributed by atoms with Crippen LogP contribution in [0.2, 0.25) is 0 Å². The van der Waals surface area contributed by atoms with Gasteiger partial charge in [-0.3, -0.25) is 0 Å². The van der Waals surface area contributed by atoms with Crippen LogP contribution in [0.3, 0.4) is 0 Å². The maximum Gasteiger partial charge on any atom is 0.235 e. The van der Waals surface area contributed by atoms with E-state index in [1.54, 1.807) is 49.3 Å². The first-order valence-corrected chi connectivity index (χ1v) is 8.93. The number of nitrogens with zero attached hydrogens (tertiary/aromatic N) is 2. The van der Waals surface area contributed by atoms with Crippen molar-refractivity contribution in [2.24, 2.45) is 0 Å². The molecule has 3 aromatic rings. The molecule has 0 unspecified atom stereocenters. The Morgan fingerprint density at radius 3 is 2.17 bits per heavy atom. The lowest BCUT2D eigenvalue weighted by atomic mass is 10.1.